The maximum Gasteiger partial charge on any atom is 0.248 e. The molecule has 0 atom stereocenters. The molecule has 0 radical (unpaired) electrons. The molecular formula is C17H17ClN2O2. The second kappa shape index (κ2) is 7.00. The summed E-state index contributed by atoms with van der Waals surface area (Å²) in [4.78, 5) is 12.0. The third-order valence-electron chi connectivity index (χ3n) is 3.10. The number of halogens is 1. The molecule has 5 heteroatoms. The number of ether oxygens (including phenoxy) is 1. The first kappa shape index (κ1) is 15.9. The molecule has 0 heterocycles. The summed E-state index contributed by atoms with van der Waals surface area (Å²) in [6.45, 7) is 1.86. The standard InChI is InChI=1S/C17H17ClN2O2/c1-11-9-15(16(22-2)10-14(11)18)20-17(21)8-5-12-3-6-13(19)7-4-12/h3-10H,19H2,1-2H3,(H,20,21)/b8-5+. The van der Waals surface area contributed by atoms with Crippen LogP contribution >= 0.6 is 11.6 Å². The number of anilines is 2. The molecule has 0 saturated heterocycles. The van der Waals surface area contributed by atoms with Gasteiger partial charge in [0.1, 0.15) is 5.75 Å². The Hall–Kier alpha value is -2.46. The summed E-state index contributed by atoms with van der Waals surface area (Å²) in [6.07, 6.45) is 3.17. The Bertz CT molecular complexity index is 709. The van der Waals surface area contributed by atoms with Gasteiger partial charge in [-0.15, -0.1) is 0 Å². The highest BCUT2D eigenvalue weighted by atomic mass is 35.5. The van der Waals surface area contributed by atoms with Gasteiger partial charge in [0.2, 0.25) is 5.91 Å². The SMILES string of the molecule is COc1cc(Cl)c(C)cc1NC(=O)/C=C/c1ccc(N)cc1. The quantitative estimate of drug-likeness (QED) is 0.664. The lowest BCUT2D eigenvalue weighted by atomic mass is 10.2. The Morgan fingerprint density at radius 3 is 2.59 bits per heavy atom. The predicted molar refractivity (Wildman–Crippen MR) is 91.3 cm³/mol. The highest BCUT2D eigenvalue weighted by molar-refractivity contribution is 6.31. The molecule has 0 unspecified atom stereocenters. The van der Waals surface area contributed by atoms with E-state index in [2.05, 4.69) is 5.32 Å². The fraction of sp³-hybridized carbons (Fsp3) is 0.118. The first-order chi connectivity index (χ1) is 10.5. The molecule has 0 aromatic heterocycles. The molecule has 3 N–H and O–H groups in total. The van der Waals surface area contributed by atoms with Gasteiger partial charge in [-0.2, -0.15) is 0 Å². The lowest BCUT2D eigenvalue weighted by Crippen LogP contribution is -2.09. The Balaban J connectivity index is 2.12. The third-order valence-corrected chi connectivity index (χ3v) is 3.51. The molecule has 0 aliphatic carbocycles. The molecule has 1 amide bonds. The summed E-state index contributed by atoms with van der Waals surface area (Å²) in [7, 11) is 1.53. The molecular weight excluding hydrogens is 300 g/mol. The van der Waals surface area contributed by atoms with Gasteiger partial charge < -0.3 is 15.8 Å². The average Bonchev–Trinajstić information content (AvgIpc) is 2.50. The van der Waals surface area contributed by atoms with Gasteiger partial charge in [-0.25, -0.2) is 0 Å². The van der Waals surface area contributed by atoms with Crippen LogP contribution in [0.25, 0.3) is 6.08 Å². The van der Waals surface area contributed by atoms with Crippen molar-refractivity contribution in [2.45, 2.75) is 6.92 Å². The summed E-state index contributed by atoms with van der Waals surface area (Å²) < 4.78 is 5.22. The topological polar surface area (TPSA) is 64.3 Å². The van der Waals surface area contributed by atoms with Crippen LogP contribution in [0.4, 0.5) is 11.4 Å². The lowest BCUT2D eigenvalue weighted by molar-refractivity contribution is -0.111. The van der Waals surface area contributed by atoms with Crippen molar-refractivity contribution < 1.29 is 9.53 Å². The van der Waals surface area contributed by atoms with Gasteiger partial charge in [-0.1, -0.05) is 23.7 Å². The highest BCUT2D eigenvalue weighted by Gasteiger charge is 2.08. The van der Waals surface area contributed by atoms with Gasteiger partial charge in [0.25, 0.3) is 0 Å². The van der Waals surface area contributed by atoms with E-state index < -0.39 is 0 Å². The first-order valence-corrected chi connectivity index (χ1v) is 7.06. The molecule has 114 valence electrons. The minimum absolute atomic E-state index is 0.253. The van der Waals surface area contributed by atoms with Crippen LogP contribution in [0.15, 0.2) is 42.5 Å². The number of hydrogen-bond acceptors (Lipinski definition) is 3. The number of rotatable bonds is 4. The number of amides is 1. The zero-order valence-electron chi connectivity index (χ0n) is 12.4. The van der Waals surface area contributed by atoms with Gasteiger partial charge in [-0.3, -0.25) is 4.79 Å². The molecule has 0 fully saturated rings. The highest BCUT2D eigenvalue weighted by Crippen LogP contribution is 2.30. The van der Waals surface area contributed by atoms with Crippen LogP contribution in [0.2, 0.25) is 5.02 Å². The van der Waals surface area contributed by atoms with Crippen molar-refractivity contribution in [3.8, 4) is 5.75 Å². The number of methoxy groups -OCH3 is 1. The third kappa shape index (κ3) is 4.02. The van der Waals surface area contributed by atoms with E-state index in [1.807, 2.05) is 19.1 Å². The summed E-state index contributed by atoms with van der Waals surface area (Å²) in [6, 6.07) is 10.7. The number of benzene rings is 2. The van der Waals surface area contributed by atoms with Crippen LogP contribution in [0.3, 0.4) is 0 Å². The van der Waals surface area contributed by atoms with Crippen LogP contribution in [0, 0.1) is 6.92 Å². The molecule has 2 aromatic rings. The van der Waals surface area contributed by atoms with E-state index in [0.29, 0.717) is 22.1 Å². The molecule has 0 aliphatic rings. The van der Waals surface area contributed by atoms with E-state index in [-0.39, 0.29) is 5.91 Å². The number of nitrogens with two attached hydrogens (primary N) is 1. The number of carbonyl (C=O) groups excluding carboxylic acids is 1. The van der Waals surface area contributed by atoms with E-state index in [1.165, 1.54) is 13.2 Å². The van der Waals surface area contributed by atoms with Crippen molar-refractivity contribution in [1.82, 2.24) is 0 Å². The Morgan fingerprint density at radius 1 is 1.27 bits per heavy atom. The van der Waals surface area contributed by atoms with Crippen molar-refractivity contribution in [2.24, 2.45) is 0 Å². The van der Waals surface area contributed by atoms with E-state index in [1.54, 1.807) is 30.3 Å². The van der Waals surface area contributed by atoms with Crippen molar-refractivity contribution in [1.29, 1.82) is 0 Å². The molecule has 4 nitrogen and oxygen atoms in total. The van der Waals surface area contributed by atoms with Crippen LogP contribution in [0.1, 0.15) is 11.1 Å². The fourth-order valence-corrected chi connectivity index (χ4v) is 2.04. The second-order valence-corrected chi connectivity index (χ2v) is 5.20. The van der Waals surface area contributed by atoms with Crippen LogP contribution < -0.4 is 15.8 Å². The van der Waals surface area contributed by atoms with E-state index in [9.17, 15) is 4.79 Å². The summed E-state index contributed by atoms with van der Waals surface area (Å²) in [5, 5.41) is 3.37. The van der Waals surface area contributed by atoms with Crippen LogP contribution in [0.5, 0.6) is 5.75 Å². The molecule has 22 heavy (non-hydrogen) atoms. The number of carbonyl (C=O) groups is 1. The van der Waals surface area contributed by atoms with Crippen LogP contribution in [-0.2, 0) is 4.79 Å². The zero-order chi connectivity index (χ0) is 16.1. The maximum absolute atomic E-state index is 12.0. The summed E-state index contributed by atoms with van der Waals surface area (Å²) in [5.74, 6) is 0.265. The minimum atomic E-state index is -0.253. The van der Waals surface area contributed by atoms with Gasteiger partial charge in [0.15, 0.2) is 0 Å². The number of hydrogen-bond donors (Lipinski definition) is 2. The molecule has 0 bridgehead atoms. The molecule has 0 spiro atoms. The zero-order valence-corrected chi connectivity index (χ0v) is 13.1. The van der Waals surface area contributed by atoms with E-state index >= 15 is 0 Å². The Kier molecular flexibility index (Phi) is 5.07. The Labute approximate surface area is 134 Å². The molecule has 0 aliphatic heterocycles. The lowest BCUT2D eigenvalue weighted by Gasteiger charge is -2.11. The van der Waals surface area contributed by atoms with E-state index in [4.69, 9.17) is 22.1 Å². The summed E-state index contributed by atoms with van der Waals surface area (Å²) in [5.41, 5.74) is 8.63. The Morgan fingerprint density at radius 2 is 1.95 bits per heavy atom. The van der Waals surface area contributed by atoms with Gasteiger partial charge in [0, 0.05) is 22.9 Å². The van der Waals surface area contributed by atoms with E-state index in [0.717, 1.165) is 11.1 Å². The molecule has 2 aromatic carbocycles. The average molecular weight is 317 g/mol. The van der Waals surface area contributed by atoms with Gasteiger partial charge in [-0.05, 0) is 42.3 Å². The largest absolute Gasteiger partial charge is 0.495 e. The second-order valence-electron chi connectivity index (χ2n) is 4.79. The predicted octanol–water partition coefficient (Wildman–Crippen LogP) is 3.89. The van der Waals surface area contributed by atoms with Gasteiger partial charge in [0.05, 0.1) is 12.8 Å². The van der Waals surface area contributed by atoms with Crippen molar-refractivity contribution >= 4 is 35.0 Å². The number of nitrogens with one attached hydrogen (secondary N) is 1. The normalized spacial score (nSPS) is 10.7. The first-order valence-electron chi connectivity index (χ1n) is 6.68. The smallest absolute Gasteiger partial charge is 0.248 e. The van der Waals surface area contributed by atoms with Crippen molar-refractivity contribution in [2.75, 3.05) is 18.2 Å². The van der Waals surface area contributed by atoms with Crippen molar-refractivity contribution in [3.05, 3.63) is 58.6 Å². The van der Waals surface area contributed by atoms with Gasteiger partial charge >= 0.3 is 0 Å². The van der Waals surface area contributed by atoms with Crippen molar-refractivity contribution in [3.63, 3.8) is 0 Å². The monoisotopic (exact) mass is 316 g/mol. The number of nitrogen functional groups attached to an aromatic ring is 1. The fourth-order valence-electron chi connectivity index (χ4n) is 1.88. The number of aryl methyl sites for hydroxylation is 1. The maximum atomic E-state index is 12.0. The molecule has 0 saturated carbocycles. The van der Waals surface area contributed by atoms with Crippen LogP contribution in [-0.4, -0.2) is 13.0 Å². The molecule has 2 rings (SSSR count). The minimum Gasteiger partial charge on any atom is -0.495 e. The summed E-state index contributed by atoms with van der Waals surface area (Å²) >= 11 is 6.04.